The average Bonchev–Trinajstić information content (AvgIpc) is 3.24. The van der Waals surface area contributed by atoms with E-state index in [0.29, 0.717) is 5.65 Å². The van der Waals surface area contributed by atoms with Crippen molar-refractivity contribution in [2.75, 3.05) is 31.2 Å². The van der Waals surface area contributed by atoms with Crippen LogP contribution in [-0.2, 0) is 4.74 Å². The second kappa shape index (κ2) is 8.91. The van der Waals surface area contributed by atoms with Crippen molar-refractivity contribution < 1.29 is 14.6 Å². The smallest absolute Gasteiger partial charge is 0.354 e. The van der Waals surface area contributed by atoms with E-state index in [4.69, 9.17) is 9.84 Å². The molecule has 1 aliphatic heterocycles. The number of anilines is 1. The van der Waals surface area contributed by atoms with Crippen LogP contribution in [0.3, 0.4) is 0 Å². The highest BCUT2D eigenvalue weighted by Crippen LogP contribution is 2.36. The number of carbonyl (C=O) groups is 1. The standard InChI is InChI=1S/C27H28N4O3/c1-17(2)25-24-22(19-7-9-20(10-8-19)30-11-13-34-14-12-30)16-23(27(32)33)28-26(24)31(29-25)21-6-4-5-18(3)15-21/h4-10,15-17H,11-14H2,1-3H3,(H,32,33). The Morgan fingerprint density at radius 2 is 1.76 bits per heavy atom. The van der Waals surface area contributed by atoms with Gasteiger partial charge in [-0.25, -0.2) is 14.5 Å². The van der Waals surface area contributed by atoms with Crippen molar-refractivity contribution in [2.24, 2.45) is 0 Å². The molecular weight excluding hydrogens is 428 g/mol. The lowest BCUT2D eigenvalue weighted by atomic mass is 9.97. The maximum atomic E-state index is 12.0. The fraction of sp³-hybridized carbons (Fsp3) is 0.296. The third-order valence-electron chi connectivity index (χ3n) is 6.23. The minimum atomic E-state index is -1.06. The number of aryl methyl sites for hydroxylation is 1. The van der Waals surface area contributed by atoms with E-state index in [9.17, 15) is 9.90 Å². The Labute approximate surface area is 198 Å². The van der Waals surface area contributed by atoms with Crippen molar-refractivity contribution >= 4 is 22.7 Å². The van der Waals surface area contributed by atoms with Gasteiger partial charge in [-0.3, -0.25) is 0 Å². The molecule has 1 saturated heterocycles. The van der Waals surface area contributed by atoms with Crippen molar-refractivity contribution in [1.82, 2.24) is 14.8 Å². The third-order valence-corrected chi connectivity index (χ3v) is 6.23. The Bertz CT molecular complexity index is 1350. The van der Waals surface area contributed by atoms with E-state index in [1.54, 1.807) is 10.7 Å². The molecule has 2 aromatic heterocycles. The second-order valence-corrected chi connectivity index (χ2v) is 9.00. The summed E-state index contributed by atoms with van der Waals surface area (Å²) in [5.41, 5.74) is 6.33. The number of hydrogen-bond acceptors (Lipinski definition) is 5. The number of pyridine rings is 1. The van der Waals surface area contributed by atoms with Gasteiger partial charge >= 0.3 is 5.97 Å². The van der Waals surface area contributed by atoms with Gasteiger partial charge in [-0.05, 0) is 59.9 Å². The summed E-state index contributed by atoms with van der Waals surface area (Å²) in [6, 6.07) is 18.0. The third kappa shape index (κ3) is 4.03. The summed E-state index contributed by atoms with van der Waals surface area (Å²) in [6.07, 6.45) is 0. The number of aromatic nitrogens is 3. The maximum Gasteiger partial charge on any atom is 0.354 e. The van der Waals surface area contributed by atoms with Crippen LogP contribution in [0.2, 0.25) is 0 Å². The van der Waals surface area contributed by atoms with Gasteiger partial charge < -0.3 is 14.7 Å². The predicted octanol–water partition coefficient (Wildman–Crippen LogP) is 5.05. The first-order chi connectivity index (χ1) is 16.4. The van der Waals surface area contributed by atoms with E-state index in [1.165, 1.54) is 0 Å². The summed E-state index contributed by atoms with van der Waals surface area (Å²) in [4.78, 5) is 18.9. The van der Waals surface area contributed by atoms with Crippen LogP contribution in [0.5, 0.6) is 0 Å². The molecule has 5 rings (SSSR count). The normalized spacial score (nSPS) is 14.2. The molecule has 0 spiro atoms. The van der Waals surface area contributed by atoms with Crippen LogP contribution in [0.1, 0.15) is 41.5 Å². The highest BCUT2D eigenvalue weighted by atomic mass is 16.5. The quantitative estimate of drug-likeness (QED) is 0.452. The number of carboxylic acid groups (broad SMARTS) is 1. The van der Waals surface area contributed by atoms with Gasteiger partial charge in [0.05, 0.1) is 30.0 Å². The van der Waals surface area contributed by atoms with Crippen molar-refractivity contribution in [3.8, 4) is 16.8 Å². The highest BCUT2D eigenvalue weighted by molar-refractivity contribution is 6.00. The van der Waals surface area contributed by atoms with Crippen LogP contribution < -0.4 is 4.90 Å². The first kappa shape index (κ1) is 22.1. The minimum absolute atomic E-state index is 0.00358. The molecule has 1 aliphatic rings. The summed E-state index contributed by atoms with van der Waals surface area (Å²) in [6.45, 7) is 9.40. The molecule has 2 aromatic carbocycles. The summed E-state index contributed by atoms with van der Waals surface area (Å²) in [5.74, 6) is -0.923. The van der Waals surface area contributed by atoms with Crippen LogP contribution >= 0.6 is 0 Å². The van der Waals surface area contributed by atoms with Gasteiger partial charge in [0.1, 0.15) is 0 Å². The molecule has 34 heavy (non-hydrogen) atoms. The number of rotatable bonds is 5. The van der Waals surface area contributed by atoms with E-state index in [1.807, 2.05) is 31.2 Å². The summed E-state index contributed by atoms with van der Waals surface area (Å²) in [5, 5.41) is 15.6. The lowest BCUT2D eigenvalue weighted by molar-refractivity contribution is 0.0691. The van der Waals surface area contributed by atoms with E-state index >= 15 is 0 Å². The molecular formula is C27H28N4O3. The lowest BCUT2D eigenvalue weighted by Crippen LogP contribution is -2.36. The number of benzene rings is 2. The predicted molar refractivity (Wildman–Crippen MR) is 133 cm³/mol. The molecule has 3 heterocycles. The number of morpholine rings is 1. The molecule has 174 valence electrons. The van der Waals surface area contributed by atoms with Crippen molar-refractivity contribution in [3.63, 3.8) is 0 Å². The molecule has 0 unspecified atom stereocenters. The Hall–Kier alpha value is -3.71. The number of nitrogens with zero attached hydrogens (tertiary/aromatic N) is 4. The van der Waals surface area contributed by atoms with Crippen LogP contribution in [0.4, 0.5) is 5.69 Å². The molecule has 0 radical (unpaired) electrons. The largest absolute Gasteiger partial charge is 0.477 e. The Morgan fingerprint density at radius 1 is 1.03 bits per heavy atom. The molecule has 7 nitrogen and oxygen atoms in total. The molecule has 0 saturated carbocycles. The van der Waals surface area contributed by atoms with Gasteiger partial charge in [-0.2, -0.15) is 5.10 Å². The number of carboxylic acids is 1. The highest BCUT2D eigenvalue weighted by Gasteiger charge is 2.23. The zero-order valence-corrected chi connectivity index (χ0v) is 19.7. The van der Waals surface area contributed by atoms with Crippen molar-refractivity contribution in [2.45, 2.75) is 26.7 Å². The van der Waals surface area contributed by atoms with Crippen molar-refractivity contribution in [3.05, 3.63) is 71.5 Å². The van der Waals surface area contributed by atoms with E-state index < -0.39 is 5.97 Å². The van der Waals surface area contributed by atoms with E-state index in [2.05, 4.69) is 48.0 Å². The van der Waals surface area contributed by atoms with Gasteiger partial charge in [0.15, 0.2) is 11.3 Å². The number of aromatic carboxylic acids is 1. The fourth-order valence-corrected chi connectivity index (χ4v) is 4.50. The second-order valence-electron chi connectivity index (χ2n) is 9.00. The average molecular weight is 457 g/mol. The van der Waals surface area contributed by atoms with Gasteiger partial charge in [-0.1, -0.05) is 38.1 Å². The van der Waals surface area contributed by atoms with Crippen LogP contribution in [0.15, 0.2) is 54.6 Å². The summed E-state index contributed by atoms with van der Waals surface area (Å²) in [7, 11) is 0. The Kier molecular flexibility index (Phi) is 5.79. The summed E-state index contributed by atoms with van der Waals surface area (Å²) >= 11 is 0. The first-order valence-corrected chi connectivity index (χ1v) is 11.6. The van der Waals surface area contributed by atoms with E-state index in [0.717, 1.165) is 65.4 Å². The van der Waals surface area contributed by atoms with Gasteiger partial charge in [0.25, 0.3) is 0 Å². The van der Waals surface area contributed by atoms with Crippen LogP contribution in [-0.4, -0.2) is 52.1 Å². The SMILES string of the molecule is Cc1cccc(-n2nc(C(C)C)c3c(-c4ccc(N5CCOCC5)cc4)cc(C(=O)O)nc32)c1. The Morgan fingerprint density at radius 3 is 2.41 bits per heavy atom. The maximum absolute atomic E-state index is 12.0. The number of hydrogen-bond donors (Lipinski definition) is 1. The molecule has 1 fully saturated rings. The Balaban J connectivity index is 1.71. The zero-order valence-electron chi connectivity index (χ0n) is 19.7. The monoisotopic (exact) mass is 456 g/mol. The van der Waals surface area contributed by atoms with Gasteiger partial charge in [-0.15, -0.1) is 0 Å². The first-order valence-electron chi connectivity index (χ1n) is 11.6. The van der Waals surface area contributed by atoms with Crippen LogP contribution in [0.25, 0.3) is 27.8 Å². The molecule has 1 N–H and O–H groups in total. The molecule has 0 amide bonds. The van der Waals surface area contributed by atoms with Gasteiger partial charge in [0.2, 0.25) is 0 Å². The number of fused-ring (bicyclic) bond motifs is 1. The zero-order chi connectivity index (χ0) is 23.8. The molecule has 4 aromatic rings. The van der Waals surface area contributed by atoms with E-state index in [-0.39, 0.29) is 11.6 Å². The molecule has 0 atom stereocenters. The lowest BCUT2D eigenvalue weighted by Gasteiger charge is -2.29. The number of ether oxygens (including phenoxy) is 1. The molecule has 7 heteroatoms. The molecule has 0 aliphatic carbocycles. The van der Waals surface area contributed by atoms with Gasteiger partial charge in [0, 0.05) is 18.8 Å². The van der Waals surface area contributed by atoms with Crippen molar-refractivity contribution in [1.29, 1.82) is 0 Å². The minimum Gasteiger partial charge on any atom is -0.477 e. The topological polar surface area (TPSA) is 80.5 Å². The van der Waals surface area contributed by atoms with Crippen LogP contribution in [0, 0.1) is 6.92 Å². The summed E-state index contributed by atoms with van der Waals surface area (Å²) < 4.78 is 7.24. The fourth-order valence-electron chi connectivity index (χ4n) is 4.50. The molecule has 0 bridgehead atoms.